The Kier molecular flexibility index (Phi) is 12.4. The number of hydrogen-bond donors (Lipinski definition) is 1. The van der Waals surface area contributed by atoms with E-state index in [9.17, 15) is 18.0 Å². The van der Waals surface area contributed by atoms with Gasteiger partial charge in [-0.2, -0.15) is 8.42 Å². The first-order valence-corrected chi connectivity index (χ1v) is 12.4. The van der Waals surface area contributed by atoms with Crippen molar-refractivity contribution in [3.05, 3.63) is 0 Å². The Morgan fingerprint density at radius 1 is 1.04 bits per heavy atom. The Balaban J connectivity index is 2.30. The summed E-state index contributed by atoms with van der Waals surface area (Å²) in [4.78, 5) is 27.4. The molecule has 8 heteroatoms. The molecule has 1 fully saturated rings. The summed E-state index contributed by atoms with van der Waals surface area (Å²) in [6, 6.07) is 0. The van der Waals surface area contributed by atoms with Gasteiger partial charge in [-0.25, -0.2) is 0 Å². The lowest BCUT2D eigenvalue weighted by atomic mass is 10.1. The third-order valence-corrected chi connectivity index (χ3v) is 5.98. The highest BCUT2D eigenvalue weighted by Gasteiger charge is 2.22. The van der Waals surface area contributed by atoms with Crippen LogP contribution in [0.2, 0.25) is 0 Å². The van der Waals surface area contributed by atoms with Crippen LogP contribution in [0.4, 0.5) is 0 Å². The second-order valence-electron chi connectivity index (χ2n) is 7.73. The van der Waals surface area contributed by atoms with Crippen LogP contribution in [-0.4, -0.2) is 66.5 Å². The van der Waals surface area contributed by atoms with Gasteiger partial charge in [0.25, 0.3) is 10.1 Å². The van der Waals surface area contributed by atoms with E-state index in [-0.39, 0.29) is 18.4 Å². The Morgan fingerprint density at radius 2 is 1.64 bits per heavy atom. The van der Waals surface area contributed by atoms with Gasteiger partial charge in [0, 0.05) is 39.0 Å². The lowest BCUT2D eigenvalue weighted by molar-refractivity contribution is -0.133. The maximum Gasteiger partial charge on any atom is 0.266 e. The summed E-state index contributed by atoms with van der Waals surface area (Å²) in [6.07, 6.45) is 12.2. The number of hydrogen-bond acceptors (Lipinski definition) is 4. The van der Waals surface area contributed by atoms with Gasteiger partial charge in [-0.1, -0.05) is 58.3 Å². The largest absolute Gasteiger partial charge is 0.341 e. The van der Waals surface area contributed by atoms with E-state index in [0.29, 0.717) is 32.5 Å². The maximum atomic E-state index is 12.5. The van der Waals surface area contributed by atoms with Gasteiger partial charge in [0.2, 0.25) is 11.8 Å². The van der Waals surface area contributed by atoms with E-state index < -0.39 is 15.9 Å². The molecule has 1 rings (SSSR count). The van der Waals surface area contributed by atoms with E-state index in [1.807, 2.05) is 0 Å². The first-order valence-electron chi connectivity index (χ1n) is 10.8. The number of nitrogens with zero attached hydrogens (tertiary/aromatic N) is 2. The van der Waals surface area contributed by atoms with Crippen molar-refractivity contribution in [3.63, 3.8) is 0 Å². The van der Waals surface area contributed by atoms with Crippen molar-refractivity contribution in [2.24, 2.45) is 0 Å². The summed E-state index contributed by atoms with van der Waals surface area (Å²) < 4.78 is 31.1. The zero-order valence-electron chi connectivity index (χ0n) is 17.4. The minimum Gasteiger partial charge on any atom is -0.341 e. The van der Waals surface area contributed by atoms with Crippen molar-refractivity contribution in [1.29, 1.82) is 0 Å². The minimum atomic E-state index is -4.12. The van der Waals surface area contributed by atoms with Crippen LogP contribution >= 0.6 is 0 Å². The minimum absolute atomic E-state index is 0.0306. The molecule has 0 bridgehead atoms. The zero-order chi connectivity index (χ0) is 20.8. The van der Waals surface area contributed by atoms with Crippen LogP contribution in [0.15, 0.2) is 0 Å². The summed E-state index contributed by atoms with van der Waals surface area (Å²) in [7, 11) is -4.12. The number of carbonyl (C=O) groups excluding carboxylic acids is 2. The molecule has 1 N–H and O–H groups in total. The lowest BCUT2D eigenvalue weighted by Gasteiger charge is -2.25. The van der Waals surface area contributed by atoms with Gasteiger partial charge in [-0.15, -0.1) is 0 Å². The Bertz CT molecular complexity index is 565. The highest BCUT2D eigenvalue weighted by Crippen LogP contribution is 2.12. The molecule has 0 aromatic rings. The molecule has 0 unspecified atom stereocenters. The average molecular weight is 419 g/mol. The standard InChI is InChI=1S/C20H38N2O5S/c1-2-3-4-5-6-7-8-9-10-12-19(23)22(17-18-28(25,26)27)16-15-21-14-11-13-20(21)24/h2-18H2,1H3,(H,25,26,27). The fraction of sp³-hybridized carbons (Fsp3) is 0.900. The highest BCUT2D eigenvalue weighted by molar-refractivity contribution is 7.85. The van der Waals surface area contributed by atoms with Crippen molar-refractivity contribution in [2.45, 2.75) is 84.0 Å². The van der Waals surface area contributed by atoms with E-state index in [1.54, 1.807) is 4.90 Å². The summed E-state index contributed by atoms with van der Waals surface area (Å²) in [5.41, 5.74) is 0. The number of likely N-dealkylation sites (tertiary alicyclic amines) is 1. The molecule has 0 aromatic carbocycles. The molecular weight excluding hydrogens is 380 g/mol. The predicted octanol–water partition coefficient (Wildman–Crippen LogP) is 3.25. The van der Waals surface area contributed by atoms with E-state index >= 15 is 0 Å². The van der Waals surface area contributed by atoms with Gasteiger partial charge in [0.05, 0.1) is 5.75 Å². The average Bonchev–Trinajstić information content (AvgIpc) is 3.04. The fourth-order valence-corrected chi connectivity index (χ4v) is 3.96. The van der Waals surface area contributed by atoms with E-state index in [2.05, 4.69) is 6.92 Å². The monoisotopic (exact) mass is 418 g/mol. The van der Waals surface area contributed by atoms with Crippen LogP contribution in [0.25, 0.3) is 0 Å². The molecule has 1 aliphatic rings. The van der Waals surface area contributed by atoms with Crippen LogP contribution in [-0.2, 0) is 19.7 Å². The van der Waals surface area contributed by atoms with Gasteiger partial charge in [-0.3, -0.25) is 14.1 Å². The maximum absolute atomic E-state index is 12.5. The summed E-state index contributed by atoms with van der Waals surface area (Å²) in [5.74, 6) is -0.482. The Hall–Kier alpha value is -1.15. The smallest absolute Gasteiger partial charge is 0.266 e. The van der Waals surface area contributed by atoms with E-state index in [1.165, 1.54) is 43.4 Å². The zero-order valence-corrected chi connectivity index (χ0v) is 18.2. The van der Waals surface area contributed by atoms with E-state index in [4.69, 9.17) is 4.55 Å². The highest BCUT2D eigenvalue weighted by atomic mass is 32.2. The second-order valence-corrected chi connectivity index (χ2v) is 9.30. The number of rotatable bonds is 16. The summed E-state index contributed by atoms with van der Waals surface area (Å²) in [5, 5.41) is 0. The molecule has 164 valence electrons. The van der Waals surface area contributed by atoms with Gasteiger partial charge >= 0.3 is 0 Å². The summed E-state index contributed by atoms with van der Waals surface area (Å²) in [6.45, 7) is 3.61. The van der Waals surface area contributed by atoms with Gasteiger partial charge in [0.15, 0.2) is 0 Å². The molecule has 2 amide bonds. The van der Waals surface area contributed by atoms with Crippen molar-refractivity contribution < 1.29 is 22.6 Å². The Labute approximate surface area is 170 Å². The third kappa shape index (κ3) is 11.6. The second kappa shape index (κ2) is 13.9. The molecule has 0 aliphatic carbocycles. The van der Waals surface area contributed by atoms with Crippen LogP contribution in [0.3, 0.4) is 0 Å². The molecule has 0 saturated carbocycles. The molecule has 0 radical (unpaired) electrons. The summed E-state index contributed by atoms with van der Waals surface area (Å²) >= 11 is 0. The van der Waals surface area contributed by atoms with Crippen molar-refractivity contribution in [1.82, 2.24) is 9.80 Å². The molecule has 1 heterocycles. The quantitative estimate of drug-likeness (QED) is 0.307. The predicted molar refractivity (Wildman–Crippen MR) is 111 cm³/mol. The molecule has 7 nitrogen and oxygen atoms in total. The van der Waals surface area contributed by atoms with Gasteiger partial charge in [-0.05, 0) is 12.8 Å². The van der Waals surface area contributed by atoms with Crippen LogP contribution < -0.4 is 0 Å². The SMILES string of the molecule is CCCCCCCCCCCC(=O)N(CCN1CCCC1=O)CCS(=O)(=O)O. The lowest BCUT2D eigenvalue weighted by Crippen LogP contribution is -2.41. The molecule has 0 atom stereocenters. The Morgan fingerprint density at radius 3 is 2.18 bits per heavy atom. The van der Waals surface area contributed by atoms with Gasteiger partial charge < -0.3 is 9.80 Å². The molecule has 0 spiro atoms. The normalized spacial score (nSPS) is 14.6. The molecule has 28 heavy (non-hydrogen) atoms. The van der Waals surface area contributed by atoms with Crippen molar-refractivity contribution in [2.75, 3.05) is 31.9 Å². The van der Waals surface area contributed by atoms with Crippen LogP contribution in [0.5, 0.6) is 0 Å². The van der Waals surface area contributed by atoms with Crippen LogP contribution in [0, 0.1) is 0 Å². The molecule has 1 saturated heterocycles. The van der Waals surface area contributed by atoms with Crippen molar-refractivity contribution >= 4 is 21.9 Å². The number of unbranched alkanes of at least 4 members (excludes halogenated alkanes) is 8. The first-order chi connectivity index (χ1) is 13.3. The number of amides is 2. The first kappa shape index (κ1) is 24.9. The molecule has 1 aliphatic heterocycles. The van der Waals surface area contributed by atoms with Crippen LogP contribution in [0.1, 0.15) is 84.0 Å². The third-order valence-electron chi connectivity index (χ3n) is 5.28. The number of carbonyl (C=O) groups is 2. The van der Waals surface area contributed by atoms with Crippen molar-refractivity contribution in [3.8, 4) is 0 Å². The van der Waals surface area contributed by atoms with E-state index in [0.717, 1.165) is 25.7 Å². The fourth-order valence-electron chi connectivity index (χ4n) is 3.51. The van der Waals surface area contributed by atoms with Gasteiger partial charge in [0.1, 0.15) is 0 Å². The molecule has 0 aromatic heterocycles. The molecular formula is C20H38N2O5S. The topological polar surface area (TPSA) is 95.0 Å².